The summed E-state index contributed by atoms with van der Waals surface area (Å²) in [4.78, 5) is 28.6. The fraction of sp³-hybridized carbons (Fsp3) is 0.190. The molecular formula is C21H20FN3O5S2. The topological polar surface area (TPSA) is 107 Å². The minimum atomic E-state index is -4.19. The van der Waals surface area contributed by atoms with Gasteiger partial charge in [0, 0.05) is 35.1 Å². The van der Waals surface area contributed by atoms with E-state index in [1.807, 2.05) is 16.9 Å². The second kappa shape index (κ2) is 9.55. The molecule has 0 aliphatic rings. The monoisotopic (exact) mass is 477 g/mol. The molecule has 11 heteroatoms. The van der Waals surface area contributed by atoms with Crippen molar-refractivity contribution in [3.8, 4) is 5.13 Å². The highest BCUT2D eigenvalue weighted by molar-refractivity contribution is 7.89. The summed E-state index contributed by atoms with van der Waals surface area (Å²) < 4.78 is 47.4. The Balaban J connectivity index is 1.75. The van der Waals surface area contributed by atoms with Gasteiger partial charge in [-0.05, 0) is 38.1 Å². The van der Waals surface area contributed by atoms with E-state index in [0.717, 1.165) is 23.9 Å². The molecule has 0 aliphatic carbocycles. The molecular weight excluding hydrogens is 457 g/mol. The molecule has 0 aliphatic heterocycles. The summed E-state index contributed by atoms with van der Waals surface area (Å²) >= 11 is 1.42. The van der Waals surface area contributed by atoms with E-state index in [-0.39, 0.29) is 12.1 Å². The first-order chi connectivity index (χ1) is 15.2. The quantitative estimate of drug-likeness (QED) is 0.288. The lowest BCUT2D eigenvalue weighted by Crippen LogP contribution is -2.25. The average Bonchev–Trinajstić information content (AvgIpc) is 3.38. The highest BCUT2D eigenvalue weighted by Gasteiger charge is 2.23. The molecule has 0 saturated carbocycles. The Bertz CT molecular complexity index is 1280. The predicted molar refractivity (Wildman–Crippen MR) is 117 cm³/mol. The molecule has 2 heterocycles. The number of rotatable bonds is 9. The van der Waals surface area contributed by atoms with E-state index in [4.69, 9.17) is 4.74 Å². The van der Waals surface area contributed by atoms with Crippen LogP contribution >= 0.6 is 11.3 Å². The molecule has 0 radical (unpaired) electrons. The minimum Gasteiger partial charge on any atom is -0.454 e. The zero-order valence-electron chi connectivity index (χ0n) is 17.3. The third kappa shape index (κ3) is 4.85. The first-order valence-corrected chi connectivity index (χ1v) is 11.7. The van der Waals surface area contributed by atoms with Crippen LogP contribution in [0.15, 0.2) is 53.4 Å². The van der Waals surface area contributed by atoms with Crippen LogP contribution in [0, 0.1) is 19.7 Å². The van der Waals surface area contributed by atoms with Crippen LogP contribution in [0.3, 0.4) is 0 Å². The second-order valence-electron chi connectivity index (χ2n) is 6.72. The van der Waals surface area contributed by atoms with E-state index in [9.17, 15) is 22.4 Å². The second-order valence-corrected chi connectivity index (χ2v) is 9.33. The Kier molecular flexibility index (Phi) is 7.02. The number of aromatic nitrogens is 2. The number of sulfonamides is 1. The molecule has 2 aromatic heterocycles. The van der Waals surface area contributed by atoms with Crippen molar-refractivity contribution in [2.24, 2.45) is 0 Å². The Morgan fingerprint density at radius 3 is 2.72 bits per heavy atom. The van der Waals surface area contributed by atoms with Gasteiger partial charge in [0.1, 0.15) is 10.7 Å². The summed E-state index contributed by atoms with van der Waals surface area (Å²) in [5.41, 5.74) is 1.63. The molecule has 8 nitrogen and oxygen atoms in total. The highest BCUT2D eigenvalue weighted by Crippen LogP contribution is 2.23. The zero-order chi connectivity index (χ0) is 23.5. The number of nitrogens with zero attached hydrogens (tertiary/aromatic N) is 2. The minimum absolute atomic E-state index is 0.107. The number of carbonyl (C=O) groups is 2. The predicted octanol–water partition coefficient (Wildman–Crippen LogP) is 3.19. The van der Waals surface area contributed by atoms with E-state index in [1.54, 1.807) is 19.2 Å². The van der Waals surface area contributed by atoms with Crippen molar-refractivity contribution in [1.82, 2.24) is 14.3 Å². The van der Waals surface area contributed by atoms with Gasteiger partial charge >= 0.3 is 5.97 Å². The Morgan fingerprint density at radius 1 is 1.31 bits per heavy atom. The van der Waals surface area contributed by atoms with Crippen molar-refractivity contribution in [2.75, 3.05) is 13.2 Å². The van der Waals surface area contributed by atoms with Gasteiger partial charge in [-0.3, -0.25) is 9.36 Å². The molecule has 0 bridgehead atoms. The van der Waals surface area contributed by atoms with Gasteiger partial charge in [-0.25, -0.2) is 27.3 Å². The first kappa shape index (κ1) is 23.5. The highest BCUT2D eigenvalue weighted by atomic mass is 32.2. The van der Waals surface area contributed by atoms with Crippen molar-refractivity contribution in [2.45, 2.75) is 18.7 Å². The fourth-order valence-electron chi connectivity index (χ4n) is 3.04. The number of hydrogen-bond donors (Lipinski definition) is 1. The maximum atomic E-state index is 14.0. The van der Waals surface area contributed by atoms with Crippen LogP contribution in [0.2, 0.25) is 0 Å². The maximum Gasteiger partial charge on any atom is 0.338 e. The smallest absolute Gasteiger partial charge is 0.338 e. The normalized spacial score (nSPS) is 11.3. The summed E-state index contributed by atoms with van der Waals surface area (Å²) in [5, 5.41) is 2.53. The van der Waals surface area contributed by atoms with Crippen molar-refractivity contribution >= 4 is 33.1 Å². The lowest BCUT2D eigenvalue weighted by molar-refractivity contribution is 0.0474. The van der Waals surface area contributed by atoms with Crippen LogP contribution in [-0.4, -0.2) is 42.9 Å². The third-order valence-corrected chi connectivity index (χ3v) is 6.75. The molecule has 1 aromatic carbocycles. The van der Waals surface area contributed by atoms with Crippen LogP contribution in [0.25, 0.3) is 5.13 Å². The largest absolute Gasteiger partial charge is 0.454 e. The van der Waals surface area contributed by atoms with Gasteiger partial charge in [-0.1, -0.05) is 6.08 Å². The number of ketones is 1. The van der Waals surface area contributed by atoms with Crippen molar-refractivity contribution < 1.29 is 27.1 Å². The number of Topliss-reactive ketones (excluding diaryl/α,β-unsaturated/α-hetero) is 1. The number of thiazole rings is 1. The Labute approximate surface area is 188 Å². The number of benzene rings is 1. The van der Waals surface area contributed by atoms with E-state index >= 15 is 0 Å². The summed E-state index contributed by atoms with van der Waals surface area (Å²) in [6.45, 7) is 6.31. The number of halogens is 1. The molecule has 0 fully saturated rings. The fourth-order valence-corrected chi connectivity index (χ4v) is 4.89. The zero-order valence-corrected chi connectivity index (χ0v) is 18.9. The lowest BCUT2D eigenvalue weighted by atomic mass is 10.1. The number of nitrogens with one attached hydrogen (secondary N) is 1. The SMILES string of the molecule is C=CCNS(=O)(=O)c1cc(C(=O)OCC(=O)c2cc(C)n(-c3nccs3)c2C)ccc1F. The number of aryl methyl sites for hydroxylation is 1. The van der Waals surface area contributed by atoms with Gasteiger partial charge in [0.2, 0.25) is 15.8 Å². The Hall–Kier alpha value is -3.15. The average molecular weight is 478 g/mol. The summed E-state index contributed by atoms with van der Waals surface area (Å²) in [7, 11) is -4.19. The molecule has 0 saturated heterocycles. The van der Waals surface area contributed by atoms with Gasteiger partial charge in [0.05, 0.1) is 5.56 Å². The third-order valence-electron chi connectivity index (χ3n) is 4.55. The number of esters is 1. The van der Waals surface area contributed by atoms with Crippen LogP contribution in [0.4, 0.5) is 4.39 Å². The molecule has 32 heavy (non-hydrogen) atoms. The Morgan fingerprint density at radius 2 is 2.06 bits per heavy atom. The first-order valence-electron chi connectivity index (χ1n) is 9.35. The molecule has 0 amide bonds. The summed E-state index contributed by atoms with van der Waals surface area (Å²) in [6.07, 6.45) is 2.96. The van der Waals surface area contributed by atoms with E-state index in [2.05, 4.69) is 16.3 Å². The maximum absolute atomic E-state index is 14.0. The lowest BCUT2D eigenvalue weighted by Gasteiger charge is -2.09. The summed E-state index contributed by atoms with van der Waals surface area (Å²) in [5.74, 6) is -2.41. The molecule has 0 atom stereocenters. The van der Waals surface area contributed by atoms with Crippen molar-refractivity contribution in [1.29, 1.82) is 0 Å². The van der Waals surface area contributed by atoms with Crippen molar-refractivity contribution in [3.05, 3.63) is 76.8 Å². The molecule has 1 N–H and O–H groups in total. The van der Waals surface area contributed by atoms with E-state index in [1.165, 1.54) is 17.4 Å². The van der Waals surface area contributed by atoms with Crippen molar-refractivity contribution in [3.63, 3.8) is 0 Å². The van der Waals surface area contributed by atoms with Gasteiger partial charge in [0.25, 0.3) is 0 Å². The molecule has 3 aromatic rings. The van der Waals surface area contributed by atoms with Gasteiger partial charge in [-0.2, -0.15) is 0 Å². The molecule has 168 valence electrons. The van der Waals surface area contributed by atoms with Crippen LogP contribution in [0.5, 0.6) is 0 Å². The van der Waals surface area contributed by atoms with Gasteiger partial charge in [0.15, 0.2) is 11.7 Å². The van der Waals surface area contributed by atoms with Crippen LogP contribution < -0.4 is 4.72 Å². The van der Waals surface area contributed by atoms with Crippen LogP contribution in [-0.2, 0) is 14.8 Å². The number of hydrogen-bond acceptors (Lipinski definition) is 7. The number of carbonyl (C=O) groups excluding carboxylic acids is 2. The molecule has 3 rings (SSSR count). The molecule has 0 spiro atoms. The number of ether oxygens (including phenoxy) is 1. The van der Waals surface area contributed by atoms with Gasteiger partial charge in [-0.15, -0.1) is 17.9 Å². The summed E-state index contributed by atoms with van der Waals surface area (Å²) in [6, 6.07) is 4.48. The van der Waals surface area contributed by atoms with Gasteiger partial charge < -0.3 is 4.74 Å². The van der Waals surface area contributed by atoms with E-state index < -0.39 is 39.1 Å². The standard InChI is InChI=1S/C21H20FN3O5S2/c1-4-7-24-32(28,29)19-11-15(5-6-17(19)22)20(27)30-12-18(26)16-10-13(2)25(14(16)3)21-23-8-9-31-21/h4-6,8-11,24H,1,7,12H2,2-3H3. The van der Waals surface area contributed by atoms with E-state index in [0.29, 0.717) is 16.4 Å². The molecule has 0 unspecified atom stereocenters. The van der Waals surface area contributed by atoms with Crippen LogP contribution in [0.1, 0.15) is 32.1 Å².